The first-order valence-electron chi connectivity index (χ1n) is 12.9. The molecule has 1 fully saturated rings. The number of hydrogen-bond acceptors (Lipinski definition) is 8. The summed E-state index contributed by atoms with van der Waals surface area (Å²) in [5.74, 6) is 8.08. The molecule has 1 aliphatic rings. The van der Waals surface area contributed by atoms with Crippen LogP contribution in [0.3, 0.4) is 0 Å². The maximum Gasteiger partial charge on any atom is 0.162 e. The lowest BCUT2D eigenvalue weighted by molar-refractivity contribution is 0.0946. The van der Waals surface area contributed by atoms with E-state index < -0.39 is 0 Å². The molecule has 4 N–H and O–H groups in total. The highest BCUT2D eigenvalue weighted by molar-refractivity contribution is 6.32. The highest BCUT2D eigenvalue weighted by atomic mass is 35.5. The number of nitrogens with zero attached hydrogens (tertiary/aromatic N) is 5. The van der Waals surface area contributed by atoms with E-state index in [1.165, 1.54) is 0 Å². The molecule has 0 amide bonds. The second kappa shape index (κ2) is 11.1. The molecular weight excluding hydrogens is 510 g/mol. The molecule has 200 valence electrons. The summed E-state index contributed by atoms with van der Waals surface area (Å²) in [7, 11) is 2.15. The fraction of sp³-hybridized carbons (Fsp3) is 0.300. The summed E-state index contributed by atoms with van der Waals surface area (Å²) in [5.41, 5.74) is 15.9. The molecule has 0 aliphatic carbocycles. The quantitative estimate of drug-likeness (QED) is 0.282. The van der Waals surface area contributed by atoms with Crippen molar-refractivity contribution in [1.82, 2.24) is 24.8 Å². The molecular formula is C30H32ClN7O. The molecule has 0 spiro atoms. The van der Waals surface area contributed by atoms with Crippen LogP contribution >= 0.6 is 11.6 Å². The van der Waals surface area contributed by atoms with Gasteiger partial charge in [0, 0.05) is 54.6 Å². The standard InChI is InChI=1S/C30H32ClN7O/c1-30(2,38-14-12-37(3)13-15-38)10-9-20-17-26-23(18-25(20)32)28(33)36-29(35-26)21-7-8-27(24(31)16-21)39-19-22-6-4-5-11-34-22/h4-8,11,16-18H,12-15,19,32H2,1-3H3,(H2,33,35,36). The second-order valence-electron chi connectivity index (χ2n) is 10.2. The number of ether oxygens (including phenoxy) is 1. The predicted octanol–water partition coefficient (Wildman–Crippen LogP) is 4.47. The topological polar surface area (TPSA) is 106 Å². The van der Waals surface area contributed by atoms with Crippen LogP contribution in [-0.4, -0.2) is 63.5 Å². The van der Waals surface area contributed by atoms with Gasteiger partial charge in [-0.3, -0.25) is 9.88 Å². The molecule has 2 aromatic heterocycles. The van der Waals surface area contributed by atoms with Crippen LogP contribution in [0.15, 0.2) is 54.7 Å². The van der Waals surface area contributed by atoms with Gasteiger partial charge >= 0.3 is 0 Å². The van der Waals surface area contributed by atoms with E-state index in [1.54, 1.807) is 24.4 Å². The molecule has 9 heteroatoms. The van der Waals surface area contributed by atoms with Gasteiger partial charge in [0.05, 0.1) is 21.8 Å². The van der Waals surface area contributed by atoms with Crippen LogP contribution in [0.4, 0.5) is 11.5 Å². The van der Waals surface area contributed by atoms with Gasteiger partial charge in [-0.1, -0.05) is 29.5 Å². The Hall–Kier alpha value is -3.90. The number of likely N-dealkylation sites (N-methyl/N-ethyl adjacent to an activating group) is 1. The Labute approximate surface area is 234 Å². The summed E-state index contributed by atoms with van der Waals surface area (Å²) in [6.07, 6.45) is 1.73. The van der Waals surface area contributed by atoms with Crippen LogP contribution in [0, 0.1) is 11.8 Å². The number of pyridine rings is 1. The van der Waals surface area contributed by atoms with Crippen molar-refractivity contribution in [3.05, 3.63) is 71.0 Å². The molecule has 1 saturated heterocycles. The average Bonchev–Trinajstić information content (AvgIpc) is 2.92. The van der Waals surface area contributed by atoms with Crippen LogP contribution in [0.1, 0.15) is 25.1 Å². The lowest BCUT2D eigenvalue weighted by atomic mass is 10.0. The Bertz CT molecular complexity index is 1550. The number of piperazine rings is 1. The Kier molecular flexibility index (Phi) is 7.58. The van der Waals surface area contributed by atoms with Crippen molar-refractivity contribution in [2.24, 2.45) is 0 Å². The molecule has 0 unspecified atom stereocenters. The van der Waals surface area contributed by atoms with E-state index in [2.05, 4.69) is 52.5 Å². The zero-order valence-electron chi connectivity index (χ0n) is 22.4. The fourth-order valence-corrected chi connectivity index (χ4v) is 4.75. The van der Waals surface area contributed by atoms with Crippen molar-refractivity contribution in [2.75, 3.05) is 44.7 Å². The number of nitrogens with two attached hydrogens (primary N) is 2. The van der Waals surface area contributed by atoms with Gasteiger partial charge in [-0.25, -0.2) is 9.97 Å². The van der Waals surface area contributed by atoms with Gasteiger partial charge in [-0.05, 0) is 63.4 Å². The molecule has 8 nitrogen and oxygen atoms in total. The van der Waals surface area contributed by atoms with Crippen molar-refractivity contribution in [3.8, 4) is 29.0 Å². The number of rotatable bonds is 5. The molecule has 4 aromatic rings. The van der Waals surface area contributed by atoms with E-state index in [0.29, 0.717) is 51.2 Å². The van der Waals surface area contributed by atoms with E-state index in [4.69, 9.17) is 32.8 Å². The maximum absolute atomic E-state index is 6.53. The smallest absolute Gasteiger partial charge is 0.162 e. The summed E-state index contributed by atoms with van der Waals surface area (Å²) < 4.78 is 5.85. The Morgan fingerprint density at radius 3 is 2.54 bits per heavy atom. The molecule has 0 atom stereocenters. The van der Waals surface area contributed by atoms with Crippen LogP contribution < -0.4 is 16.2 Å². The van der Waals surface area contributed by atoms with Crippen molar-refractivity contribution < 1.29 is 4.74 Å². The third-order valence-electron chi connectivity index (χ3n) is 6.99. The minimum atomic E-state index is -0.282. The number of halogens is 1. The minimum absolute atomic E-state index is 0.282. The van der Waals surface area contributed by atoms with Crippen molar-refractivity contribution in [2.45, 2.75) is 26.0 Å². The Morgan fingerprint density at radius 2 is 1.82 bits per heavy atom. The SMILES string of the molecule is CN1CCN(C(C)(C)C#Cc2cc3nc(-c4ccc(OCc5ccccn5)c(Cl)c4)nc(N)c3cc2N)CC1. The number of anilines is 2. The van der Waals surface area contributed by atoms with Crippen LogP contribution in [-0.2, 0) is 6.61 Å². The summed E-state index contributed by atoms with van der Waals surface area (Å²) in [4.78, 5) is 18.3. The van der Waals surface area contributed by atoms with E-state index in [-0.39, 0.29) is 5.54 Å². The fourth-order valence-electron chi connectivity index (χ4n) is 4.51. The molecule has 0 saturated carbocycles. The van der Waals surface area contributed by atoms with Crippen LogP contribution in [0.25, 0.3) is 22.3 Å². The van der Waals surface area contributed by atoms with Gasteiger partial charge in [0.25, 0.3) is 0 Å². The number of fused-ring (bicyclic) bond motifs is 1. The highest BCUT2D eigenvalue weighted by Crippen LogP contribution is 2.32. The first-order chi connectivity index (χ1) is 18.7. The third kappa shape index (κ3) is 6.07. The lowest BCUT2D eigenvalue weighted by Gasteiger charge is -2.40. The van der Waals surface area contributed by atoms with Crippen LogP contribution in [0.2, 0.25) is 5.02 Å². The summed E-state index contributed by atoms with van der Waals surface area (Å²) in [5, 5.41) is 1.13. The molecule has 2 aromatic carbocycles. The van der Waals surface area contributed by atoms with Crippen molar-refractivity contribution in [1.29, 1.82) is 0 Å². The highest BCUT2D eigenvalue weighted by Gasteiger charge is 2.27. The third-order valence-corrected chi connectivity index (χ3v) is 7.28. The van der Waals surface area contributed by atoms with E-state index >= 15 is 0 Å². The van der Waals surface area contributed by atoms with Gasteiger partial charge in [0.15, 0.2) is 5.82 Å². The van der Waals surface area contributed by atoms with Gasteiger partial charge in [0.1, 0.15) is 18.2 Å². The van der Waals surface area contributed by atoms with E-state index in [0.717, 1.165) is 37.4 Å². The summed E-state index contributed by atoms with van der Waals surface area (Å²) in [6.45, 7) is 8.63. The maximum atomic E-state index is 6.53. The normalized spacial score (nSPS) is 14.7. The van der Waals surface area contributed by atoms with Gasteiger partial charge < -0.3 is 21.1 Å². The molecule has 3 heterocycles. The molecule has 1 aliphatic heterocycles. The lowest BCUT2D eigenvalue weighted by Crippen LogP contribution is -2.53. The van der Waals surface area contributed by atoms with Crippen LogP contribution in [0.5, 0.6) is 5.75 Å². The van der Waals surface area contributed by atoms with Gasteiger partial charge in [-0.2, -0.15) is 0 Å². The number of benzene rings is 2. The van der Waals surface area contributed by atoms with E-state index in [9.17, 15) is 0 Å². The largest absolute Gasteiger partial charge is 0.486 e. The zero-order valence-corrected chi connectivity index (χ0v) is 23.2. The summed E-state index contributed by atoms with van der Waals surface area (Å²) in [6, 6.07) is 14.8. The van der Waals surface area contributed by atoms with Crippen molar-refractivity contribution >= 4 is 34.0 Å². The molecule has 0 radical (unpaired) electrons. The molecule has 0 bridgehead atoms. The second-order valence-corrected chi connectivity index (χ2v) is 10.7. The zero-order chi connectivity index (χ0) is 27.6. The monoisotopic (exact) mass is 541 g/mol. The minimum Gasteiger partial charge on any atom is -0.486 e. The summed E-state index contributed by atoms with van der Waals surface area (Å²) >= 11 is 6.53. The molecule has 5 rings (SSSR count). The van der Waals surface area contributed by atoms with Gasteiger partial charge in [-0.15, -0.1) is 0 Å². The van der Waals surface area contributed by atoms with Gasteiger partial charge in [0.2, 0.25) is 0 Å². The number of hydrogen-bond donors (Lipinski definition) is 2. The Balaban J connectivity index is 1.41. The Morgan fingerprint density at radius 1 is 1.03 bits per heavy atom. The average molecular weight is 542 g/mol. The predicted molar refractivity (Wildman–Crippen MR) is 157 cm³/mol. The number of aromatic nitrogens is 3. The first-order valence-corrected chi connectivity index (χ1v) is 13.2. The number of nitrogen functional groups attached to an aromatic ring is 2. The van der Waals surface area contributed by atoms with Crippen molar-refractivity contribution in [3.63, 3.8) is 0 Å². The van der Waals surface area contributed by atoms with E-state index in [1.807, 2.05) is 30.3 Å². The molecule has 39 heavy (non-hydrogen) atoms. The first kappa shape index (κ1) is 26.7.